The summed E-state index contributed by atoms with van der Waals surface area (Å²) in [4.78, 5) is 8.37. The summed E-state index contributed by atoms with van der Waals surface area (Å²) in [7, 11) is 0. The van der Waals surface area contributed by atoms with E-state index in [1.165, 1.54) is 6.40 Å². The lowest BCUT2D eigenvalue weighted by atomic mass is 10.2. The lowest BCUT2D eigenvalue weighted by Gasteiger charge is -1.99. The van der Waals surface area contributed by atoms with Crippen molar-refractivity contribution in [3.05, 3.63) is 36.5 Å². The first-order valence-corrected chi connectivity index (χ1v) is 4.89. The van der Waals surface area contributed by atoms with Gasteiger partial charge in [0.1, 0.15) is 0 Å². The van der Waals surface area contributed by atoms with Crippen LogP contribution in [0.25, 0.3) is 10.8 Å². The van der Waals surface area contributed by atoms with Crippen LogP contribution in [0, 0.1) is 0 Å². The Hall–Kier alpha value is -1.90. The molecule has 3 nitrogen and oxygen atoms in total. The minimum atomic E-state index is 0.619. The van der Waals surface area contributed by atoms with Gasteiger partial charge in [-0.15, -0.1) is 0 Å². The minimum Gasteiger partial charge on any atom is -0.483 e. The van der Waals surface area contributed by atoms with Crippen LogP contribution in [-0.2, 0) is 4.74 Å². The standard InChI is InChI=1S/C12H12N2O/c1-2-15-9-14-12-11-6-4-3-5-10(11)7-8-13-12/h3-9H,2H2,1H3. The van der Waals surface area contributed by atoms with Gasteiger partial charge in [-0.25, -0.2) is 9.98 Å². The largest absolute Gasteiger partial charge is 0.483 e. The zero-order valence-corrected chi connectivity index (χ0v) is 8.55. The van der Waals surface area contributed by atoms with Gasteiger partial charge >= 0.3 is 0 Å². The molecule has 0 aliphatic carbocycles. The van der Waals surface area contributed by atoms with Crippen LogP contribution in [0.3, 0.4) is 0 Å². The van der Waals surface area contributed by atoms with Crippen molar-refractivity contribution in [1.82, 2.24) is 4.98 Å². The summed E-state index contributed by atoms with van der Waals surface area (Å²) in [5.74, 6) is 0.696. The van der Waals surface area contributed by atoms with Gasteiger partial charge in [-0.2, -0.15) is 0 Å². The second kappa shape index (κ2) is 4.55. The molecule has 0 bridgehead atoms. The van der Waals surface area contributed by atoms with Crippen LogP contribution in [0.1, 0.15) is 6.92 Å². The minimum absolute atomic E-state index is 0.619. The lowest BCUT2D eigenvalue weighted by molar-refractivity contribution is 0.344. The molecule has 15 heavy (non-hydrogen) atoms. The van der Waals surface area contributed by atoms with E-state index in [0.717, 1.165) is 10.8 Å². The highest BCUT2D eigenvalue weighted by Gasteiger charge is 1.98. The smallest absolute Gasteiger partial charge is 0.176 e. The zero-order valence-electron chi connectivity index (χ0n) is 8.55. The summed E-state index contributed by atoms with van der Waals surface area (Å²) >= 11 is 0. The molecule has 2 rings (SSSR count). The van der Waals surface area contributed by atoms with Crippen LogP contribution < -0.4 is 0 Å². The Balaban J connectivity index is 2.42. The van der Waals surface area contributed by atoms with Gasteiger partial charge in [-0.05, 0) is 18.4 Å². The number of nitrogens with zero attached hydrogens (tertiary/aromatic N) is 2. The van der Waals surface area contributed by atoms with E-state index in [2.05, 4.69) is 9.98 Å². The molecule has 0 N–H and O–H groups in total. The van der Waals surface area contributed by atoms with Gasteiger partial charge in [-0.1, -0.05) is 24.3 Å². The number of aromatic nitrogens is 1. The first-order chi connectivity index (χ1) is 7.42. The van der Waals surface area contributed by atoms with E-state index >= 15 is 0 Å². The number of benzene rings is 1. The first kappa shape index (κ1) is 9.65. The van der Waals surface area contributed by atoms with Gasteiger partial charge in [-0.3, -0.25) is 0 Å². The average Bonchev–Trinajstić information content (AvgIpc) is 2.30. The second-order valence-electron chi connectivity index (χ2n) is 3.05. The highest BCUT2D eigenvalue weighted by molar-refractivity contribution is 5.91. The number of rotatable bonds is 3. The molecule has 0 amide bonds. The van der Waals surface area contributed by atoms with E-state index in [-0.39, 0.29) is 0 Å². The van der Waals surface area contributed by atoms with Crippen molar-refractivity contribution in [3.8, 4) is 0 Å². The van der Waals surface area contributed by atoms with Crippen molar-refractivity contribution < 1.29 is 4.74 Å². The van der Waals surface area contributed by atoms with E-state index in [1.54, 1.807) is 6.20 Å². The number of hydrogen-bond acceptors (Lipinski definition) is 3. The van der Waals surface area contributed by atoms with Crippen molar-refractivity contribution in [2.75, 3.05) is 6.61 Å². The number of aliphatic imine (C=N–C) groups is 1. The number of hydrogen-bond donors (Lipinski definition) is 0. The molecule has 1 heterocycles. The van der Waals surface area contributed by atoms with Gasteiger partial charge in [0, 0.05) is 11.6 Å². The molecule has 0 spiro atoms. The highest BCUT2D eigenvalue weighted by atomic mass is 16.5. The number of pyridine rings is 1. The molecular weight excluding hydrogens is 188 g/mol. The van der Waals surface area contributed by atoms with Crippen molar-refractivity contribution >= 4 is 23.0 Å². The third-order valence-corrected chi connectivity index (χ3v) is 2.07. The fraction of sp³-hybridized carbons (Fsp3) is 0.167. The van der Waals surface area contributed by atoms with Crippen molar-refractivity contribution in [2.45, 2.75) is 6.92 Å². The predicted octanol–water partition coefficient (Wildman–Crippen LogP) is 2.93. The second-order valence-corrected chi connectivity index (χ2v) is 3.05. The van der Waals surface area contributed by atoms with Crippen molar-refractivity contribution in [3.63, 3.8) is 0 Å². The van der Waals surface area contributed by atoms with Gasteiger partial charge in [0.15, 0.2) is 12.2 Å². The summed E-state index contributed by atoms with van der Waals surface area (Å²) < 4.78 is 5.05. The fourth-order valence-corrected chi connectivity index (χ4v) is 1.37. The summed E-state index contributed by atoms with van der Waals surface area (Å²) in [6.07, 6.45) is 3.19. The molecule has 0 unspecified atom stereocenters. The monoisotopic (exact) mass is 200 g/mol. The van der Waals surface area contributed by atoms with E-state index in [1.807, 2.05) is 37.3 Å². The summed E-state index contributed by atoms with van der Waals surface area (Å²) in [5.41, 5.74) is 0. The lowest BCUT2D eigenvalue weighted by Crippen LogP contribution is -1.85. The summed E-state index contributed by atoms with van der Waals surface area (Å²) in [5, 5.41) is 2.17. The van der Waals surface area contributed by atoms with Crippen molar-refractivity contribution in [1.29, 1.82) is 0 Å². The maximum Gasteiger partial charge on any atom is 0.176 e. The highest BCUT2D eigenvalue weighted by Crippen LogP contribution is 2.22. The van der Waals surface area contributed by atoms with Crippen molar-refractivity contribution in [2.24, 2.45) is 4.99 Å². The number of ether oxygens (including phenoxy) is 1. The van der Waals surface area contributed by atoms with Gasteiger partial charge < -0.3 is 4.74 Å². The SMILES string of the molecule is CCOC=Nc1nccc2ccccc12. The summed E-state index contributed by atoms with van der Waals surface area (Å²) in [6.45, 7) is 2.54. The Kier molecular flexibility index (Phi) is 2.93. The average molecular weight is 200 g/mol. The molecular formula is C12H12N2O. The Morgan fingerprint density at radius 1 is 1.33 bits per heavy atom. The Morgan fingerprint density at radius 3 is 3.07 bits per heavy atom. The van der Waals surface area contributed by atoms with Crippen LogP contribution in [0.2, 0.25) is 0 Å². The molecule has 3 heteroatoms. The third kappa shape index (κ3) is 2.13. The Morgan fingerprint density at radius 2 is 2.20 bits per heavy atom. The molecule has 0 fully saturated rings. The van der Waals surface area contributed by atoms with E-state index in [0.29, 0.717) is 12.4 Å². The molecule has 2 aromatic rings. The maximum atomic E-state index is 5.05. The molecule has 1 aromatic carbocycles. The molecule has 1 aromatic heterocycles. The van der Waals surface area contributed by atoms with Crippen LogP contribution >= 0.6 is 0 Å². The van der Waals surface area contributed by atoms with E-state index in [4.69, 9.17) is 4.74 Å². The number of fused-ring (bicyclic) bond motifs is 1. The van der Waals surface area contributed by atoms with Gasteiger partial charge in [0.2, 0.25) is 0 Å². The molecule has 76 valence electrons. The fourth-order valence-electron chi connectivity index (χ4n) is 1.37. The van der Waals surface area contributed by atoms with Gasteiger partial charge in [0.05, 0.1) is 6.61 Å². The van der Waals surface area contributed by atoms with Crippen LogP contribution in [0.4, 0.5) is 5.82 Å². The third-order valence-electron chi connectivity index (χ3n) is 2.07. The quantitative estimate of drug-likeness (QED) is 0.564. The first-order valence-electron chi connectivity index (χ1n) is 4.89. The Labute approximate surface area is 88.4 Å². The molecule has 0 radical (unpaired) electrons. The molecule has 0 saturated heterocycles. The van der Waals surface area contributed by atoms with Crippen LogP contribution in [-0.4, -0.2) is 18.0 Å². The topological polar surface area (TPSA) is 34.5 Å². The summed E-state index contributed by atoms with van der Waals surface area (Å²) in [6, 6.07) is 9.98. The molecule has 0 atom stereocenters. The predicted molar refractivity (Wildman–Crippen MR) is 61.5 cm³/mol. The van der Waals surface area contributed by atoms with Crippen LogP contribution in [0.5, 0.6) is 0 Å². The maximum absolute atomic E-state index is 5.05. The zero-order chi connectivity index (χ0) is 10.5. The molecule has 0 saturated carbocycles. The van der Waals surface area contributed by atoms with Crippen LogP contribution in [0.15, 0.2) is 41.5 Å². The molecule has 0 aliphatic rings. The van der Waals surface area contributed by atoms with Gasteiger partial charge in [0.25, 0.3) is 0 Å². The Bertz CT molecular complexity index is 475. The normalized spacial score (nSPS) is 11.0. The van der Waals surface area contributed by atoms with E-state index in [9.17, 15) is 0 Å². The molecule has 0 aliphatic heterocycles. The van der Waals surface area contributed by atoms with E-state index < -0.39 is 0 Å².